The lowest BCUT2D eigenvalue weighted by atomic mass is 10.2. The zero-order valence-electron chi connectivity index (χ0n) is 14.6. The molecule has 0 atom stereocenters. The second kappa shape index (κ2) is 6.55. The molecule has 2 N–H and O–H groups in total. The number of esters is 1. The van der Waals surface area contributed by atoms with Gasteiger partial charge in [-0.25, -0.2) is 14.2 Å². The molecule has 0 unspecified atom stereocenters. The molecule has 7 nitrogen and oxygen atoms in total. The van der Waals surface area contributed by atoms with Gasteiger partial charge in [0, 0.05) is 17.4 Å². The normalized spacial score (nSPS) is 10.8. The predicted molar refractivity (Wildman–Crippen MR) is 99.2 cm³/mol. The van der Waals surface area contributed by atoms with Crippen LogP contribution in [0.15, 0.2) is 53.1 Å². The highest BCUT2D eigenvalue weighted by atomic mass is 19.1. The lowest BCUT2D eigenvalue weighted by molar-refractivity contribution is 0.0593. The molecule has 0 saturated carbocycles. The Morgan fingerprint density at radius 2 is 2.04 bits per heavy atom. The molecule has 4 rings (SSSR count). The number of anilines is 1. The molecule has 0 aliphatic rings. The fraction of sp³-hybridized carbons (Fsp3) is 0.0500. The van der Waals surface area contributed by atoms with Gasteiger partial charge in [0.05, 0.1) is 18.4 Å². The van der Waals surface area contributed by atoms with E-state index in [0.29, 0.717) is 28.2 Å². The van der Waals surface area contributed by atoms with E-state index in [4.69, 9.17) is 14.9 Å². The summed E-state index contributed by atoms with van der Waals surface area (Å²) >= 11 is 0. The summed E-state index contributed by atoms with van der Waals surface area (Å²) < 4.78 is 25.1. The van der Waals surface area contributed by atoms with Crippen molar-refractivity contribution in [3.05, 3.63) is 65.7 Å². The molecule has 2 heterocycles. The van der Waals surface area contributed by atoms with Gasteiger partial charge >= 0.3 is 5.97 Å². The van der Waals surface area contributed by atoms with Gasteiger partial charge < -0.3 is 19.5 Å². The first-order valence-electron chi connectivity index (χ1n) is 8.18. The smallest absolute Gasteiger partial charge is 0.357 e. The van der Waals surface area contributed by atoms with Crippen LogP contribution in [0.5, 0.6) is 0 Å². The molecule has 138 valence electrons. The van der Waals surface area contributed by atoms with E-state index in [0.717, 1.165) is 0 Å². The Bertz CT molecular complexity index is 1250. The number of benzene rings is 2. The maximum absolute atomic E-state index is 13.1. The summed E-state index contributed by atoms with van der Waals surface area (Å²) in [6.45, 7) is 0. The molecule has 0 amide bonds. The number of nitrogens with two attached hydrogens (primary N) is 1. The van der Waals surface area contributed by atoms with Gasteiger partial charge in [0.25, 0.3) is 0 Å². The number of hydrogen-bond acceptors (Lipinski definition) is 6. The number of fused-ring (bicyclic) bond motifs is 1. The Morgan fingerprint density at radius 1 is 1.29 bits per heavy atom. The SMILES string of the molecule is COC(=O)c1c(N)c(C#N)cn1-c1ccc2oc(-c3ccc(F)cc3)nc2c1. The molecular weight excluding hydrogens is 363 g/mol. The molecule has 8 heteroatoms. The van der Waals surface area contributed by atoms with Crippen molar-refractivity contribution in [1.82, 2.24) is 9.55 Å². The Kier molecular flexibility index (Phi) is 4.05. The number of aromatic nitrogens is 2. The van der Waals surface area contributed by atoms with Gasteiger partial charge in [0.2, 0.25) is 5.89 Å². The zero-order chi connectivity index (χ0) is 19.8. The van der Waals surface area contributed by atoms with E-state index in [1.54, 1.807) is 30.3 Å². The minimum atomic E-state index is -0.661. The van der Waals surface area contributed by atoms with Crippen molar-refractivity contribution >= 4 is 22.8 Å². The molecule has 2 aromatic carbocycles. The average molecular weight is 376 g/mol. The number of carbonyl (C=O) groups is 1. The molecule has 0 radical (unpaired) electrons. The standard InChI is InChI=1S/C20H13FN4O3/c1-27-20(26)18-17(23)12(9-22)10-25(18)14-6-7-16-15(8-14)24-19(28-16)11-2-4-13(21)5-3-11/h2-8,10H,23H2,1H3. The highest BCUT2D eigenvalue weighted by Gasteiger charge is 2.22. The van der Waals surface area contributed by atoms with Crippen molar-refractivity contribution in [3.8, 4) is 23.2 Å². The van der Waals surface area contributed by atoms with Crippen LogP contribution < -0.4 is 5.73 Å². The first-order chi connectivity index (χ1) is 13.5. The van der Waals surface area contributed by atoms with Crippen LogP contribution in [-0.2, 0) is 4.74 Å². The lowest BCUT2D eigenvalue weighted by Gasteiger charge is -2.08. The average Bonchev–Trinajstić information content (AvgIpc) is 3.28. The van der Waals surface area contributed by atoms with E-state index in [2.05, 4.69) is 4.98 Å². The quantitative estimate of drug-likeness (QED) is 0.547. The van der Waals surface area contributed by atoms with E-state index >= 15 is 0 Å². The first kappa shape index (κ1) is 17.3. The summed E-state index contributed by atoms with van der Waals surface area (Å²) in [7, 11) is 1.24. The van der Waals surface area contributed by atoms with Crippen molar-refractivity contribution in [1.29, 1.82) is 5.26 Å². The molecule has 0 spiro atoms. The van der Waals surface area contributed by atoms with Gasteiger partial charge in [0.1, 0.15) is 17.4 Å². The zero-order valence-corrected chi connectivity index (χ0v) is 14.6. The van der Waals surface area contributed by atoms with E-state index in [-0.39, 0.29) is 22.8 Å². The van der Waals surface area contributed by atoms with Crippen LogP contribution in [-0.4, -0.2) is 22.6 Å². The largest absolute Gasteiger partial charge is 0.464 e. The Labute approximate surface area is 158 Å². The van der Waals surface area contributed by atoms with Gasteiger partial charge in [-0.05, 0) is 42.5 Å². The van der Waals surface area contributed by atoms with Gasteiger partial charge in [-0.1, -0.05) is 0 Å². The van der Waals surface area contributed by atoms with Crippen molar-refractivity contribution < 1.29 is 18.3 Å². The van der Waals surface area contributed by atoms with Crippen molar-refractivity contribution in [3.63, 3.8) is 0 Å². The predicted octanol–water partition coefficient (Wildman–Crippen LogP) is 3.67. The van der Waals surface area contributed by atoms with Crippen LogP contribution in [0.4, 0.5) is 10.1 Å². The van der Waals surface area contributed by atoms with Crippen LogP contribution in [0.25, 0.3) is 28.2 Å². The molecular formula is C20H13FN4O3. The van der Waals surface area contributed by atoms with E-state index in [1.807, 2.05) is 6.07 Å². The summed E-state index contributed by atoms with van der Waals surface area (Å²) in [6, 6.07) is 12.8. The van der Waals surface area contributed by atoms with Gasteiger partial charge in [0.15, 0.2) is 11.3 Å². The highest BCUT2D eigenvalue weighted by Crippen LogP contribution is 2.29. The molecule has 0 aliphatic carbocycles. The number of oxazole rings is 1. The minimum Gasteiger partial charge on any atom is -0.464 e. The molecule has 0 saturated heterocycles. The summed E-state index contributed by atoms with van der Waals surface area (Å²) in [5.41, 5.74) is 8.41. The lowest BCUT2D eigenvalue weighted by Crippen LogP contribution is -2.11. The number of carbonyl (C=O) groups excluding carboxylic acids is 1. The third-order valence-electron chi connectivity index (χ3n) is 4.28. The number of nitrogen functional groups attached to an aromatic ring is 1. The maximum Gasteiger partial charge on any atom is 0.357 e. The topological polar surface area (TPSA) is 107 Å². The van der Waals surface area contributed by atoms with Crippen LogP contribution in [0.2, 0.25) is 0 Å². The molecule has 28 heavy (non-hydrogen) atoms. The second-order valence-corrected chi connectivity index (χ2v) is 5.96. The monoisotopic (exact) mass is 376 g/mol. The Balaban J connectivity index is 1.84. The number of nitrogens with zero attached hydrogens (tertiary/aromatic N) is 3. The van der Waals surface area contributed by atoms with Gasteiger partial charge in [-0.3, -0.25) is 0 Å². The van der Waals surface area contributed by atoms with E-state index in [9.17, 15) is 14.4 Å². The minimum absolute atomic E-state index is 0.0431. The fourth-order valence-electron chi connectivity index (χ4n) is 2.90. The summed E-state index contributed by atoms with van der Waals surface area (Å²) in [6.07, 6.45) is 1.46. The van der Waals surface area contributed by atoms with Crippen molar-refractivity contribution in [2.24, 2.45) is 0 Å². The summed E-state index contributed by atoms with van der Waals surface area (Å²) in [5.74, 6) is -0.674. The third kappa shape index (κ3) is 2.75. The molecule has 4 aromatic rings. The Hall–Kier alpha value is -4.12. The van der Waals surface area contributed by atoms with Gasteiger partial charge in [-0.15, -0.1) is 0 Å². The van der Waals surface area contributed by atoms with Crippen LogP contribution in [0, 0.1) is 17.1 Å². The maximum atomic E-state index is 13.1. The number of rotatable bonds is 3. The number of halogens is 1. The summed E-state index contributed by atoms with van der Waals surface area (Å²) in [4.78, 5) is 16.6. The van der Waals surface area contributed by atoms with Crippen molar-refractivity contribution in [2.75, 3.05) is 12.8 Å². The Morgan fingerprint density at radius 3 is 2.71 bits per heavy atom. The van der Waals surface area contributed by atoms with Crippen LogP contribution in [0.3, 0.4) is 0 Å². The molecule has 0 bridgehead atoms. The molecule has 0 aliphatic heterocycles. The second-order valence-electron chi connectivity index (χ2n) is 5.96. The molecule has 2 aromatic heterocycles. The fourth-order valence-corrected chi connectivity index (χ4v) is 2.90. The number of nitriles is 1. The molecule has 0 fully saturated rings. The van der Waals surface area contributed by atoms with Crippen LogP contribution >= 0.6 is 0 Å². The summed E-state index contributed by atoms with van der Waals surface area (Å²) in [5, 5.41) is 9.23. The number of ether oxygens (including phenoxy) is 1. The number of methoxy groups -OCH3 is 1. The highest BCUT2D eigenvalue weighted by molar-refractivity contribution is 5.96. The van der Waals surface area contributed by atoms with Gasteiger partial charge in [-0.2, -0.15) is 5.26 Å². The third-order valence-corrected chi connectivity index (χ3v) is 4.28. The first-order valence-corrected chi connectivity index (χ1v) is 8.18. The van der Waals surface area contributed by atoms with E-state index in [1.165, 1.54) is 30.0 Å². The number of hydrogen-bond donors (Lipinski definition) is 1. The van der Waals surface area contributed by atoms with E-state index < -0.39 is 5.97 Å². The van der Waals surface area contributed by atoms with Crippen LogP contribution in [0.1, 0.15) is 16.1 Å². The van der Waals surface area contributed by atoms with Crippen molar-refractivity contribution in [2.45, 2.75) is 0 Å².